The fraction of sp³-hybridized carbons (Fsp3) is 0.273. The minimum Gasteiger partial charge on any atom is -0.456 e. The van der Waals surface area contributed by atoms with Gasteiger partial charge < -0.3 is 19.1 Å². The van der Waals surface area contributed by atoms with Gasteiger partial charge in [-0.15, -0.1) is 0 Å². The molecule has 1 fully saturated rings. The molecule has 48 heavy (non-hydrogen) atoms. The van der Waals surface area contributed by atoms with Crippen molar-refractivity contribution in [2.45, 2.75) is 57.4 Å². The van der Waals surface area contributed by atoms with Gasteiger partial charge in [-0.1, -0.05) is 30.0 Å². The van der Waals surface area contributed by atoms with Crippen LogP contribution < -0.4 is 0 Å². The molecule has 1 aliphatic heterocycles. The Kier molecular flexibility index (Phi) is 11.6. The Morgan fingerprint density at radius 3 is 1.85 bits per heavy atom. The largest absolute Gasteiger partial charge is 0.508 e. The zero-order valence-electron chi connectivity index (χ0n) is 26.1. The molecule has 0 spiro atoms. The van der Waals surface area contributed by atoms with Crippen LogP contribution in [0.15, 0.2) is 95.0 Å². The minimum absolute atomic E-state index is 0.0754. The van der Waals surface area contributed by atoms with Gasteiger partial charge >= 0.3 is 12.1 Å². The maximum Gasteiger partial charge on any atom is 0.508 e. The highest BCUT2D eigenvalue weighted by Crippen LogP contribution is 2.39. The Balaban J connectivity index is 1.48. The molecule has 1 aliphatic rings. The Morgan fingerprint density at radius 2 is 1.35 bits per heavy atom. The standard InChI is InChI=1S/C33H31N3O11S/c1-20(2)30(32(39)45-18-22-9-13-24(14-10-22)35(41)42)34-27(17-28(37)48-26-7-5-4-6-8-26)29(31(34)38)21(3)47-33(40)46-19-23-11-15-25(16-12-23)36(43)44/h4-16,21,27,29H,17-19H2,1-3H3/t21-,27-,29-/m1/s1. The monoisotopic (exact) mass is 677 g/mol. The van der Waals surface area contributed by atoms with Crippen LogP contribution in [0.2, 0.25) is 0 Å². The van der Waals surface area contributed by atoms with Crippen molar-refractivity contribution in [2.24, 2.45) is 5.92 Å². The summed E-state index contributed by atoms with van der Waals surface area (Å²) in [6.07, 6.45) is -2.35. The summed E-state index contributed by atoms with van der Waals surface area (Å²) in [5.41, 5.74) is 1.06. The molecule has 1 amide bonds. The zero-order chi connectivity index (χ0) is 35.0. The van der Waals surface area contributed by atoms with Crippen LogP contribution in [0.5, 0.6) is 0 Å². The molecule has 15 heteroatoms. The van der Waals surface area contributed by atoms with Crippen molar-refractivity contribution in [1.29, 1.82) is 0 Å². The Morgan fingerprint density at radius 1 is 0.833 bits per heavy atom. The second-order valence-electron chi connectivity index (χ2n) is 10.9. The Bertz CT molecular complexity index is 1720. The summed E-state index contributed by atoms with van der Waals surface area (Å²) < 4.78 is 16.0. The fourth-order valence-corrected chi connectivity index (χ4v) is 5.81. The van der Waals surface area contributed by atoms with Gasteiger partial charge in [-0.3, -0.25) is 29.8 Å². The number of β-lactam (4-membered cyclic amide) rings is 1. The molecule has 0 radical (unpaired) electrons. The summed E-state index contributed by atoms with van der Waals surface area (Å²) >= 11 is 0.968. The predicted octanol–water partition coefficient (Wildman–Crippen LogP) is 6.12. The van der Waals surface area contributed by atoms with E-state index in [0.717, 1.165) is 11.8 Å². The van der Waals surface area contributed by atoms with Gasteiger partial charge in [0.05, 0.1) is 21.8 Å². The summed E-state index contributed by atoms with van der Waals surface area (Å²) in [6.45, 7) is 4.22. The van der Waals surface area contributed by atoms with Gasteiger partial charge in [-0.2, -0.15) is 0 Å². The van der Waals surface area contributed by atoms with Gasteiger partial charge in [0.15, 0.2) is 5.12 Å². The lowest BCUT2D eigenvalue weighted by molar-refractivity contribution is -0.385. The van der Waals surface area contributed by atoms with Gasteiger partial charge in [-0.25, -0.2) is 9.59 Å². The SMILES string of the molecule is CC(C)=C(C(=O)OCc1ccc([N+](=O)[O-])cc1)N1C(=O)[C@H]([C@@H](C)OC(=O)OCc2ccc([N+](=O)[O-])cc2)[C@H]1CC(=O)Sc1ccccc1. The molecule has 3 atom stereocenters. The van der Waals surface area contributed by atoms with Gasteiger partial charge in [0.25, 0.3) is 11.4 Å². The predicted molar refractivity (Wildman–Crippen MR) is 171 cm³/mol. The van der Waals surface area contributed by atoms with Crippen LogP contribution in [0, 0.1) is 26.1 Å². The topological polar surface area (TPSA) is 185 Å². The summed E-state index contributed by atoms with van der Waals surface area (Å²) in [5.74, 6) is -2.42. The summed E-state index contributed by atoms with van der Waals surface area (Å²) in [4.78, 5) is 75.3. The van der Waals surface area contributed by atoms with Crippen molar-refractivity contribution in [3.05, 3.63) is 121 Å². The average molecular weight is 678 g/mol. The quantitative estimate of drug-likeness (QED) is 0.0505. The molecule has 3 aromatic rings. The molecule has 0 aliphatic carbocycles. The molecule has 0 saturated carbocycles. The first-order chi connectivity index (χ1) is 22.8. The fourth-order valence-electron chi connectivity index (χ4n) is 5.00. The van der Waals surface area contributed by atoms with E-state index < -0.39 is 45.9 Å². The number of esters is 1. The number of thioether (sulfide) groups is 1. The molecule has 1 heterocycles. The lowest BCUT2D eigenvalue weighted by Crippen LogP contribution is -2.65. The maximum atomic E-state index is 13.6. The van der Waals surface area contributed by atoms with Gasteiger partial charge in [-0.05, 0) is 73.9 Å². The van der Waals surface area contributed by atoms with Gasteiger partial charge in [0.1, 0.15) is 25.0 Å². The van der Waals surface area contributed by atoms with E-state index in [9.17, 15) is 39.4 Å². The molecular weight excluding hydrogens is 646 g/mol. The second kappa shape index (κ2) is 15.8. The number of hydrogen-bond donors (Lipinski definition) is 0. The second-order valence-corrected chi connectivity index (χ2v) is 12.1. The molecule has 0 N–H and O–H groups in total. The first-order valence-corrected chi connectivity index (χ1v) is 15.4. The number of carbonyl (C=O) groups excluding carboxylic acids is 4. The molecule has 0 bridgehead atoms. The minimum atomic E-state index is -1.10. The van der Waals surface area contributed by atoms with E-state index in [1.54, 1.807) is 44.2 Å². The van der Waals surface area contributed by atoms with Crippen molar-refractivity contribution in [3.63, 3.8) is 0 Å². The van der Waals surface area contributed by atoms with Crippen molar-refractivity contribution < 1.29 is 43.2 Å². The van der Waals surface area contributed by atoms with E-state index in [2.05, 4.69) is 0 Å². The molecule has 14 nitrogen and oxygen atoms in total. The average Bonchev–Trinajstić information content (AvgIpc) is 3.05. The molecule has 0 aromatic heterocycles. The number of hydrogen-bond acceptors (Lipinski definition) is 12. The number of ether oxygens (including phenoxy) is 3. The zero-order valence-corrected chi connectivity index (χ0v) is 26.9. The highest BCUT2D eigenvalue weighted by atomic mass is 32.2. The van der Waals surface area contributed by atoms with E-state index in [4.69, 9.17) is 14.2 Å². The van der Waals surface area contributed by atoms with Crippen LogP contribution in [-0.2, 0) is 41.8 Å². The molecule has 250 valence electrons. The van der Waals surface area contributed by atoms with Crippen LogP contribution in [0.3, 0.4) is 0 Å². The van der Waals surface area contributed by atoms with E-state index >= 15 is 0 Å². The number of benzene rings is 3. The van der Waals surface area contributed by atoms with E-state index in [1.807, 2.05) is 0 Å². The van der Waals surface area contributed by atoms with Crippen LogP contribution in [0.25, 0.3) is 0 Å². The number of nitro benzene ring substituents is 2. The van der Waals surface area contributed by atoms with Crippen molar-refractivity contribution in [3.8, 4) is 0 Å². The number of non-ortho nitro benzene ring substituents is 2. The highest BCUT2D eigenvalue weighted by Gasteiger charge is 2.55. The number of likely N-dealkylation sites (tertiary alicyclic amines) is 1. The van der Waals surface area contributed by atoms with E-state index in [0.29, 0.717) is 21.6 Å². The van der Waals surface area contributed by atoms with Crippen molar-refractivity contribution in [1.82, 2.24) is 4.90 Å². The number of rotatable bonds is 13. The summed E-state index contributed by atoms with van der Waals surface area (Å²) in [7, 11) is 0. The summed E-state index contributed by atoms with van der Waals surface area (Å²) in [5, 5.41) is 21.5. The smallest absolute Gasteiger partial charge is 0.456 e. The van der Waals surface area contributed by atoms with Crippen molar-refractivity contribution in [2.75, 3.05) is 0 Å². The normalized spacial score (nSPS) is 15.8. The van der Waals surface area contributed by atoms with Crippen LogP contribution >= 0.6 is 11.8 Å². The number of carbonyl (C=O) groups is 4. The number of nitro groups is 2. The Labute approximate surface area is 278 Å². The molecular formula is C33H31N3O11S. The van der Waals surface area contributed by atoms with Crippen LogP contribution in [0.4, 0.5) is 16.2 Å². The lowest BCUT2D eigenvalue weighted by atomic mass is 9.80. The molecule has 1 saturated heterocycles. The van der Waals surface area contributed by atoms with Gasteiger partial charge in [0.2, 0.25) is 5.91 Å². The van der Waals surface area contributed by atoms with Crippen LogP contribution in [-0.4, -0.2) is 50.0 Å². The third kappa shape index (κ3) is 8.82. The highest BCUT2D eigenvalue weighted by molar-refractivity contribution is 8.13. The summed E-state index contributed by atoms with van der Waals surface area (Å²) in [6, 6.07) is 18.8. The number of nitrogens with zero attached hydrogens (tertiary/aromatic N) is 3. The van der Waals surface area contributed by atoms with Gasteiger partial charge in [0, 0.05) is 35.6 Å². The van der Waals surface area contributed by atoms with E-state index in [-0.39, 0.29) is 41.8 Å². The third-order valence-electron chi connectivity index (χ3n) is 7.34. The maximum absolute atomic E-state index is 13.6. The number of amides is 1. The van der Waals surface area contributed by atoms with E-state index in [1.165, 1.54) is 60.4 Å². The number of allylic oxidation sites excluding steroid dienone is 1. The lowest BCUT2D eigenvalue weighted by Gasteiger charge is -2.49. The first-order valence-electron chi connectivity index (χ1n) is 14.6. The first kappa shape index (κ1) is 35.3. The Hall–Kier alpha value is -5.57. The van der Waals surface area contributed by atoms with Crippen molar-refractivity contribution >= 4 is 46.3 Å². The molecule has 3 aromatic carbocycles. The van der Waals surface area contributed by atoms with Crippen LogP contribution in [0.1, 0.15) is 38.3 Å². The third-order valence-corrected chi connectivity index (χ3v) is 8.24. The molecule has 0 unspecified atom stereocenters. The molecule has 4 rings (SSSR count).